The van der Waals surface area contributed by atoms with Gasteiger partial charge in [-0.2, -0.15) is 0 Å². The first-order valence-electron chi connectivity index (χ1n) is 10.2. The molecule has 0 saturated carbocycles. The van der Waals surface area contributed by atoms with E-state index in [4.69, 9.17) is 0 Å². The topological polar surface area (TPSA) is 0 Å². The van der Waals surface area contributed by atoms with Crippen LogP contribution in [0.4, 0.5) is 4.39 Å². The highest BCUT2D eigenvalue weighted by Gasteiger charge is 2.46. The Morgan fingerprint density at radius 3 is 2.70 bits per heavy atom. The van der Waals surface area contributed by atoms with Crippen LogP contribution in [0.3, 0.4) is 0 Å². The number of allylic oxidation sites excluding steroid dienone is 15. The molecule has 4 rings (SSSR count). The van der Waals surface area contributed by atoms with Crippen LogP contribution in [-0.2, 0) is 0 Å². The Balaban J connectivity index is 1.83. The Labute approximate surface area is 162 Å². The van der Waals surface area contributed by atoms with Gasteiger partial charge in [-0.05, 0) is 61.0 Å². The maximum atomic E-state index is 14.8. The summed E-state index contributed by atoms with van der Waals surface area (Å²) in [5, 5.41) is 0. The summed E-state index contributed by atoms with van der Waals surface area (Å²) in [5.74, 6) is 0.467. The zero-order valence-electron chi connectivity index (χ0n) is 16.7. The average molecular weight is 361 g/mol. The molecule has 27 heavy (non-hydrogen) atoms. The molecule has 0 saturated heterocycles. The van der Waals surface area contributed by atoms with E-state index in [2.05, 4.69) is 69.9 Å². The van der Waals surface area contributed by atoms with Crippen molar-refractivity contribution in [2.24, 2.45) is 17.3 Å². The molecule has 4 aliphatic carbocycles. The van der Waals surface area contributed by atoms with Crippen molar-refractivity contribution >= 4 is 0 Å². The second-order valence-corrected chi connectivity index (χ2v) is 8.51. The van der Waals surface area contributed by atoms with Gasteiger partial charge >= 0.3 is 0 Å². The first-order chi connectivity index (χ1) is 13.0. The van der Waals surface area contributed by atoms with E-state index in [1.165, 1.54) is 16.7 Å². The zero-order valence-corrected chi connectivity index (χ0v) is 16.7. The van der Waals surface area contributed by atoms with Crippen molar-refractivity contribution in [1.29, 1.82) is 0 Å². The summed E-state index contributed by atoms with van der Waals surface area (Å²) in [4.78, 5) is 0. The van der Waals surface area contributed by atoms with Gasteiger partial charge in [-0.25, -0.2) is 4.39 Å². The van der Waals surface area contributed by atoms with Crippen LogP contribution >= 0.6 is 0 Å². The van der Waals surface area contributed by atoms with Gasteiger partial charge in [0.25, 0.3) is 0 Å². The Hall–Kier alpha value is -2.15. The third-order valence-electron chi connectivity index (χ3n) is 6.71. The van der Waals surface area contributed by atoms with Crippen molar-refractivity contribution in [3.63, 3.8) is 0 Å². The van der Waals surface area contributed by atoms with E-state index < -0.39 is 0 Å². The molecule has 0 fully saturated rings. The minimum absolute atomic E-state index is 0.0424. The Morgan fingerprint density at radius 2 is 2.00 bits per heavy atom. The Bertz CT molecular complexity index is 892. The summed E-state index contributed by atoms with van der Waals surface area (Å²) in [6, 6.07) is 0. The van der Waals surface area contributed by atoms with Crippen LogP contribution in [0.15, 0.2) is 94.5 Å². The van der Waals surface area contributed by atoms with Crippen molar-refractivity contribution < 1.29 is 4.39 Å². The molecule has 4 aliphatic rings. The third-order valence-corrected chi connectivity index (χ3v) is 6.71. The molecule has 140 valence electrons. The molecular weight excluding hydrogens is 331 g/mol. The summed E-state index contributed by atoms with van der Waals surface area (Å²) < 4.78 is 14.8. The van der Waals surface area contributed by atoms with Gasteiger partial charge in [0.1, 0.15) is 5.83 Å². The molecule has 0 radical (unpaired) electrons. The quantitative estimate of drug-likeness (QED) is 0.479. The van der Waals surface area contributed by atoms with Crippen LogP contribution < -0.4 is 0 Å². The smallest absolute Gasteiger partial charge is 0.123 e. The van der Waals surface area contributed by atoms with Crippen molar-refractivity contribution in [3.8, 4) is 0 Å². The van der Waals surface area contributed by atoms with Crippen molar-refractivity contribution in [2.45, 2.75) is 46.5 Å². The monoisotopic (exact) mass is 360 g/mol. The Morgan fingerprint density at radius 1 is 1.19 bits per heavy atom. The molecule has 0 amide bonds. The maximum absolute atomic E-state index is 14.8. The van der Waals surface area contributed by atoms with Crippen LogP contribution in [-0.4, -0.2) is 0 Å². The van der Waals surface area contributed by atoms with E-state index in [0.717, 1.165) is 42.4 Å². The van der Waals surface area contributed by atoms with Crippen LogP contribution in [0.5, 0.6) is 0 Å². The van der Waals surface area contributed by atoms with Gasteiger partial charge in [0.15, 0.2) is 0 Å². The van der Waals surface area contributed by atoms with Crippen LogP contribution in [0.2, 0.25) is 0 Å². The normalized spacial score (nSPS) is 29.7. The summed E-state index contributed by atoms with van der Waals surface area (Å²) in [5.41, 5.74) is 6.99. The van der Waals surface area contributed by atoms with Gasteiger partial charge in [-0.3, -0.25) is 0 Å². The summed E-state index contributed by atoms with van der Waals surface area (Å²) in [7, 11) is 0. The lowest BCUT2D eigenvalue weighted by Crippen LogP contribution is -2.37. The van der Waals surface area contributed by atoms with Gasteiger partial charge in [-0.15, -0.1) is 0 Å². The predicted molar refractivity (Wildman–Crippen MR) is 113 cm³/mol. The molecule has 0 heterocycles. The molecular formula is C26H29F. The average Bonchev–Trinajstić information content (AvgIpc) is 2.67. The van der Waals surface area contributed by atoms with E-state index in [0.29, 0.717) is 0 Å². The molecule has 2 atom stereocenters. The lowest BCUT2D eigenvalue weighted by atomic mass is 9.56. The second kappa shape index (κ2) is 6.78. The van der Waals surface area contributed by atoms with Crippen molar-refractivity contribution in [3.05, 3.63) is 94.5 Å². The number of rotatable bonds is 2. The molecule has 0 aromatic carbocycles. The number of hydrogen-bond donors (Lipinski definition) is 0. The SMILES string of the molecule is C=C1C2=C(C(F)=CCC2)C(C)(C)C2=CC=CC(/C(=C\C)C3=CC=CCC3)C12. The molecule has 0 spiro atoms. The highest BCUT2D eigenvalue weighted by Crippen LogP contribution is 2.58. The lowest BCUT2D eigenvalue weighted by Gasteiger charge is -2.48. The van der Waals surface area contributed by atoms with E-state index in [-0.39, 0.29) is 23.1 Å². The summed E-state index contributed by atoms with van der Waals surface area (Å²) >= 11 is 0. The van der Waals surface area contributed by atoms with E-state index in [1.807, 2.05) is 0 Å². The number of halogens is 1. The largest absolute Gasteiger partial charge is 0.207 e. The predicted octanol–water partition coefficient (Wildman–Crippen LogP) is 7.48. The van der Waals surface area contributed by atoms with Gasteiger partial charge in [0, 0.05) is 22.8 Å². The van der Waals surface area contributed by atoms with Crippen LogP contribution in [0.1, 0.15) is 46.5 Å². The van der Waals surface area contributed by atoms with Gasteiger partial charge in [0.2, 0.25) is 0 Å². The molecule has 0 aromatic rings. The number of fused-ring (bicyclic) bond motifs is 1. The van der Waals surface area contributed by atoms with Crippen molar-refractivity contribution in [2.75, 3.05) is 0 Å². The van der Waals surface area contributed by atoms with Crippen molar-refractivity contribution in [1.82, 2.24) is 0 Å². The fourth-order valence-corrected chi connectivity index (χ4v) is 5.45. The molecule has 2 unspecified atom stereocenters. The molecule has 0 aliphatic heterocycles. The summed E-state index contributed by atoms with van der Waals surface area (Å²) in [6.07, 6.45) is 21.3. The zero-order chi connectivity index (χ0) is 19.2. The number of hydrogen-bond acceptors (Lipinski definition) is 0. The highest BCUT2D eigenvalue weighted by molar-refractivity contribution is 5.61. The molecule has 0 N–H and O–H groups in total. The minimum Gasteiger partial charge on any atom is -0.207 e. The fraction of sp³-hybridized carbons (Fsp3) is 0.385. The molecule has 0 nitrogen and oxygen atoms in total. The second-order valence-electron chi connectivity index (χ2n) is 8.51. The van der Waals surface area contributed by atoms with Crippen LogP contribution in [0.25, 0.3) is 0 Å². The third kappa shape index (κ3) is 2.79. The van der Waals surface area contributed by atoms with E-state index >= 15 is 0 Å². The molecule has 1 heteroatoms. The highest BCUT2D eigenvalue weighted by atomic mass is 19.1. The van der Waals surface area contributed by atoms with Crippen LogP contribution in [0, 0.1) is 17.3 Å². The lowest BCUT2D eigenvalue weighted by molar-refractivity contribution is 0.392. The van der Waals surface area contributed by atoms with Gasteiger partial charge < -0.3 is 0 Å². The fourth-order valence-electron chi connectivity index (χ4n) is 5.45. The Kier molecular flexibility index (Phi) is 4.58. The standard InChI is InChI=1S/C26H29F/c1-5-19(18-11-7-6-8-12-18)21-14-9-15-22-24(21)17(2)20-13-10-16-23(27)25(20)26(22,3)4/h5-7,9,11,14-16,21,24H,2,8,10,12-13H2,1,3-4H3/b19-5-. The van der Waals surface area contributed by atoms with Gasteiger partial charge in [-0.1, -0.05) is 68.5 Å². The van der Waals surface area contributed by atoms with E-state index in [1.54, 1.807) is 6.08 Å². The molecule has 0 aromatic heterocycles. The first kappa shape index (κ1) is 18.2. The maximum Gasteiger partial charge on any atom is 0.123 e. The van der Waals surface area contributed by atoms with E-state index in [9.17, 15) is 4.39 Å². The first-order valence-corrected chi connectivity index (χ1v) is 10.2. The summed E-state index contributed by atoms with van der Waals surface area (Å²) in [6.45, 7) is 11.0. The minimum atomic E-state index is -0.301. The molecule has 0 bridgehead atoms. The van der Waals surface area contributed by atoms with Gasteiger partial charge in [0.05, 0.1) is 0 Å².